The van der Waals surface area contributed by atoms with Gasteiger partial charge in [0.15, 0.2) is 5.82 Å². The lowest BCUT2D eigenvalue weighted by atomic mass is 9.91. The van der Waals surface area contributed by atoms with Crippen LogP contribution in [-0.2, 0) is 15.1 Å². The Bertz CT molecular complexity index is 913. The fraction of sp³-hybridized carbons (Fsp3) is 0.250. The Morgan fingerprint density at radius 2 is 2.08 bits per heavy atom. The molecule has 1 aromatic carbocycles. The second kappa shape index (κ2) is 6.21. The Balaban J connectivity index is 1.80. The van der Waals surface area contributed by atoms with Gasteiger partial charge in [-0.05, 0) is 32.0 Å². The molecule has 0 aliphatic carbocycles. The highest BCUT2D eigenvalue weighted by molar-refractivity contribution is 6.10. The highest BCUT2D eigenvalue weighted by Gasteiger charge is 2.50. The SMILES string of the molecule is Cc1cc(NC(=O)CN2C(=O)N[C@@](C)(c3cc(F)ccc3F)C2=O)no1. The molecule has 3 rings (SSSR count). The number of hydrogen-bond acceptors (Lipinski definition) is 5. The summed E-state index contributed by atoms with van der Waals surface area (Å²) in [5, 5.41) is 8.23. The predicted molar refractivity (Wildman–Crippen MR) is 83.8 cm³/mol. The maximum absolute atomic E-state index is 14.1. The number of halogens is 2. The molecule has 0 unspecified atom stereocenters. The minimum Gasteiger partial charge on any atom is -0.360 e. The fourth-order valence-corrected chi connectivity index (χ4v) is 2.66. The zero-order valence-electron chi connectivity index (χ0n) is 13.8. The zero-order chi connectivity index (χ0) is 19.1. The van der Waals surface area contributed by atoms with E-state index in [0.717, 1.165) is 18.2 Å². The fourth-order valence-electron chi connectivity index (χ4n) is 2.66. The van der Waals surface area contributed by atoms with Crippen molar-refractivity contribution in [2.45, 2.75) is 19.4 Å². The first-order chi connectivity index (χ1) is 12.2. The summed E-state index contributed by atoms with van der Waals surface area (Å²) < 4.78 is 32.3. The van der Waals surface area contributed by atoms with Gasteiger partial charge in [0.2, 0.25) is 5.91 Å². The smallest absolute Gasteiger partial charge is 0.325 e. The van der Waals surface area contributed by atoms with E-state index >= 15 is 0 Å². The molecule has 0 spiro atoms. The highest BCUT2D eigenvalue weighted by Crippen LogP contribution is 2.31. The first kappa shape index (κ1) is 17.5. The van der Waals surface area contributed by atoms with E-state index < -0.39 is 41.6 Å². The minimum absolute atomic E-state index is 0.124. The number of anilines is 1. The van der Waals surface area contributed by atoms with Crippen molar-refractivity contribution in [3.05, 3.63) is 47.2 Å². The number of imide groups is 1. The third kappa shape index (κ3) is 3.01. The molecule has 0 saturated carbocycles. The second-order valence-corrected chi connectivity index (χ2v) is 5.94. The molecule has 1 aromatic heterocycles. The van der Waals surface area contributed by atoms with Gasteiger partial charge >= 0.3 is 6.03 Å². The monoisotopic (exact) mass is 364 g/mol. The van der Waals surface area contributed by atoms with E-state index in [9.17, 15) is 23.2 Å². The number of nitrogens with one attached hydrogen (secondary N) is 2. The average molecular weight is 364 g/mol. The van der Waals surface area contributed by atoms with Gasteiger partial charge in [0.05, 0.1) is 0 Å². The van der Waals surface area contributed by atoms with Crippen LogP contribution in [0.3, 0.4) is 0 Å². The Labute approximate surface area is 146 Å². The minimum atomic E-state index is -1.83. The molecule has 2 heterocycles. The van der Waals surface area contributed by atoms with Crippen molar-refractivity contribution in [2.75, 3.05) is 11.9 Å². The molecule has 0 bridgehead atoms. The Morgan fingerprint density at radius 1 is 1.35 bits per heavy atom. The van der Waals surface area contributed by atoms with Crippen LogP contribution in [0.15, 0.2) is 28.8 Å². The lowest BCUT2D eigenvalue weighted by molar-refractivity contribution is -0.133. The molecule has 1 aliphatic rings. The van der Waals surface area contributed by atoms with Gasteiger partial charge in [-0.2, -0.15) is 0 Å². The van der Waals surface area contributed by atoms with E-state index in [1.807, 2.05) is 0 Å². The van der Waals surface area contributed by atoms with Crippen LogP contribution in [0.5, 0.6) is 0 Å². The van der Waals surface area contributed by atoms with E-state index in [1.54, 1.807) is 6.92 Å². The molecule has 2 aromatic rings. The number of aromatic nitrogens is 1. The van der Waals surface area contributed by atoms with Crippen molar-refractivity contribution >= 4 is 23.7 Å². The van der Waals surface area contributed by atoms with Crippen LogP contribution < -0.4 is 10.6 Å². The number of rotatable bonds is 4. The van der Waals surface area contributed by atoms with Crippen molar-refractivity contribution in [1.82, 2.24) is 15.4 Å². The molecule has 1 saturated heterocycles. The number of urea groups is 1. The number of carbonyl (C=O) groups is 3. The van der Waals surface area contributed by atoms with Crippen LogP contribution in [0, 0.1) is 18.6 Å². The summed E-state index contributed by atoms with van der Waals surface area (Å²) in [4.78, 5) is 37.4. The van der Waals surface area contributed by atoms with E-state index in [4.69, 9.17) is 4.52 Å². The lowest BCUT2D eigenvalue weighted by Gasteiger charge is -2.22. The standard InChI is InChI=1S/C16H14F2N4O4/c1-8-5-12(21-26-8)19-13(23)7-22-14(24)16(2,20-15(22)25)10-6-9(17)3-4-11(10)18/h3-6H,7H2,1-2H3,(H,20,25)(H,19,21,23)/t16-/m0/s1. The van der Waals surface area contributed by atoms with Crippen LogP contribution in [0.4, 0.5) is 19.4 Å². The van der Waals surface area contributed by atoms with Gasteiger partial charge in [-0.1, -0.05) is 5.16 Å². The third-order valence-electron chi connectivity index (χ3n) is 3.94. The van der Waals surface area contributed by atoms with Crippen LogP contribution in [0.1, 0.15) is 18.2 Å². The summed E-state index contributed by atoms with van der Waals surface area (Å²) >= 11 is 0. The molecule has 1 aliphatic heterocycles. The van der Waals surface area contributed by atoms with Crippen LogP contribution in [0.2, 0.25) is 0 Å². The average Bonchev–Trinajstić information content (AvgIpc) is 3.06. The molecule has 1 fully saturated rings. The van der Waals surface area contributed by atoms with Crippen molar-refractivity contribution in [3.8, 4) is 0 Å². The maximum atomic E-state index is 14.1. The number of nitrogens with zero attached hydrogens (tertiary/aromatic N) is 2. The Hall–Kier alpha value is -3.30. The van der Waals surface area contributed by atoms with Gasteiger partial charge in [0.25, 0.3) is 5.91 Å². The van der Waals surface area contributed by atoms with Crippen molar-refractivity contribution in [1.29, 1.82) is 0 Å². The number of carbonyl (C=O) groups excluding carboxylic acids is 3. The number of hydrogen-bond donors (Lipinski definition) is 2. The quantitative estimate of drug-likeness (QED) is 0.803. The molecular weight excluding hydrogens is 350 g/mol. The van der Waals surface area contributed by atoms with Gasteiger partial charge in [-0.25, -0.2) is 13.6 Å². The molecule has 10 heteroatoms. The predicted octanol–water partition coefficient (Wildman–Crippen LogP) is 1.67. The van der Waals surface area contributed by atoms with Crippen molar-refractivity contribution in [2.24, 2.45) is 0 Å². The topological polar surface area (TPSA) is 105 Å². The van der Waals surface area contributed by atoms with Gasteiger partial charge < -0.3 is 15.2 Å². The normalized spacial score (nSPS) is 19.6. The molecule has 136 valence electrons. The maximum Gasteiger partial charge on any atom is 0.325 e. The first-order valence-electron chi connectivity index (χ1n) is 7.53. The number of amides is 4. The summed E-state index contributed by atoms with van der Waals surface area (Å²) in [6.07, 6.45) is 0. The van der Waals surface area contributed by atoms with E-state index in [1.165, 1.54) is 13.0 Å². The molecule has 1 atom stereocenters. The largest absolute Gasteiger partial charge is 0.360 e. The van der Waals surface area contributed by atoms with Crippen LogP contribution in [0.25, 0.3) is 0 Å². The molecule has 2 N–H and O–H groups in total. The summed E-state index contributed by atoms with van der Waals surface area (Å²) in [7, 11) is 0. The Kier molecular flexibility index (Phi) is 4.18. The van der Waals surface area contributed by atoms with E-state index in [0.29, 0.717) is 10.7 Å². The molecular formula is C16H14F2N4O4. The molecule has 8 nitrogen and oxygen atoms in total. The molecule has 26 heavy (non-hydrogen) atoms. The van der Waals surface area contributed by atoms with Crippen LogP contribution in [-0.4, -0.2) is 34.4 Å². The van der Waals surface area contributed by atoms with E-state index in [2.05, 4.69) is 15.8 Å². The highest BCUT2D eigenvalue weighted by atomic mass is 19.1. The van der Waals surface area contributed by atoms with Crippen LogP contribution >= 0.6 is 0 Å². The van der Waals surface area contributed by atoms with Gasteiger partial charge in [0, 0.05) is 11.6 Å². The second-order valence-electron chi connectivity index (χ2n) is 5.94. The van der Waals surface area contributed by atoms with Crippen molar-refractivity contribution in [3.63, 3.8) is 0 Å². The zero-order valence-corrected chi connectivity index (χ0v) is 13.8. The number of benzene rings is 1. The van der Waals surface area contributed by atoms with Gasteiger partial charge in [-0.15, -0.1) is 0 Å². The first-order valence-corrected chi connectivity index (χ1v) is 7.53. The summed E-state index contributed by atoms with van der Waals surface area (Å²) in [6, 6.07) is 3.14. The summed E-state index contributed by atoms with van der Waals surface area (Å²) in [5.74, 6) is -2.61. The summed E-state index contributed by atoms with van der Waals surface area (Å²) in [5.41, 5.74) is -2.15. The van der Waals surface area contributed by atoms with Gasteiger partial charge in [-0.3, -0.25) is 14.5 Å². The third-order valence-corrected chi connectivity index (χ3v) is 3.94. The van der Waals surface area contributed by atoms with E-state index in [-0.39, 0.29) is 11.4 Å². The Morgan fingerprint density at radius 3 is 2.73 bits per heavy atom. The summed E-state index contributed by atoms with van der Waals surface area (Å²) in [6.45, 7) is 2.24. The lowest BCUT2D eigenvalue weighted by Crippen LogP contribution is -2.42. The number of aryl methyl sites for hydroxylation is 1. The van der Waals surface area contributed by atoms with Gasteiger partial charge in [0.1, 0.15) is 29.5 Å². The molecule has 4 amide bonds. The molecule has 0 radical (unpaired) electrons. The van der Waals surface area contributed by atoms with Crippen molar-refractivity contribution < 1.29 is 27.7 Å².